The molecule has 0 unspecified atom stereocenters. The van der Waals surface area contributed by atoms with Crippen molar-refractivity contribution in [3.8, 4) is 0 Å². The number of benzene rings is 2. The van der Waals surface area contributed by atoms with Crippen LogP contribution in [0.2, 0.25) is 0 Å². The van der Waals surface area contributed by atoms with Gasteiger partial charge in [0.15, 0.2) is 0 Å². The summed E-state index contributed by atoms with van der Waals surface area (Å²) < 4.78 is 6.76. The highest BCUT2D eigenvalue weighted by Gasteiger charge is 2.20. The smallest absolute Gasteiger partial charge is 0.248 e. The molecule has 0 saturated heterocycles. The minimum atomic E-state index is 0.0469. The van der Waals surface area contributed by atoms with E-state index in [1.54, 1.807) is 11.3 Å². The molecule has 1 aliphatic rings. The number of thiazole rings is 1. The van der Waals surface area contributed by atoms with E-state index in [1.807, 2.05) is 35.2 Å². The Labute approximate surface area is 144 Å². The highest BCUT2D eigenvalue weighted by Crippen LogP contribution is 2.22. The van der Waals surface area contributed by atoms with E-state index in [9.17, 15) is 4.79 Å². The van der Waals surface area contributed by atoms with Crippen LogP contribution in [0.1, 0.15) is 16.1 Å². The summed E-state index contributed by atoms with van der Waals surface area (Å²) in [6.07, 6.45) is 0.916. The third-order valence-corrected chi connectivity index (χ3v) is 5.28. The molecule has 2 aromatic carbocycles. The quantitative estimate of drug-likeness (QED) is 0.732. The summed E-state index contributed by atoms with van der Waals surface area (Å²) in [5.74, 6) is 0.0469. The Morgan fingerprint density at radius 3 is 2.79 bits per heavy atom. The van der Waals surface area contributed by atoms with E-state index in [1.165, 1.54) is 11.1 Å². The molecular weight excluding hydrogens is 320 g/mol. The molecule has 1 aromatic heterocycles. The van der Waals surface area contributed by atoms with Gasteiger partial charge >= 0.3 is 0 Å². The molecule has 4 rings (SSSR count). The fourth-order valence-electron chi connectivity index (χ4n) is 3.01. The average molecular weight is 338 g/mol. The van der Waals surface area contributed by atoms with Crippen LogP contribution in [0.3, 0.4) is 0 Å². The summed E-state index contributed by atoms with van der Waals surface area (Å²) in [5, 5.41) is 0.910. The number of carbonyl (C=O) groups is 1. The Bertz CT molecular complexity index is 841. The molecule has 0 bridgehead atoms. The van der Waals surface area contributed by atoms with Gasteiger partial charge in [-0.05, 0) is 29.7 Å². The fourth-order valence-corrected chi connectivity index (χ4v) is 3.91. The Hall–Kier alpha value is -2.24. The minimum absolute atomic E-state index is 0.0469. The Morgan fingerprint density at radius 1 is 1.12 bits per heavy atom. The molecule has 0 radical (unpaired) electrons. The van der Waals surface area contributed by atoms with Crippen LogP contribution < -0.4 is 0 Å². The highest BCUT2D eigenvalue weighted by atomic mass is 32.1. The molecule has 0 N–H and O–H groups in total. The maximum Gasteiger partial charge on any atom is 0.248 e. The topological polar surface area (TPSA) is 42.4 Å². The highest BCUT2D eigenvalue weighted by molar-refractivity contribution is 7.18. The molecule has 122 valence electrons. The molecule has 1 aliphatic heterocycles. The number of ether oxygens (including phenoxy) is 1. The van der Waals surface area contributed by atoms with E-state index in [4.69, 9.17) is 4.74 Å². The molecule has 0 atom stereocenters. The molecule has 4 nitrogen and oxygen atoms in total. The predicted octanol–water partition coefficient (Wildman–Crippen LogP) is 3.40. The summed E-state index contributed by atoms with van der Waals surface area (Å²) >= 11 is 1.61. The number of aromatic nitrogens is 1. The van der Waals surface area contributed by atoms with E-state index in [-0.39, 0.29) is 12.5 Å². The monoisotopic (exact) mass is 338 g/mol. The van der Waals surface area contributed by atoms with Crippen molar-refractivity contribution in [2.24, 2.45) is 0 Å². The zero-order chi connectivity index (χ0) is 16.4. The van der Waals surface area contributed by atoms with E-state index in [0.29, 0.717) is 13.2 Å². The van der Waals surface area contributed by atoms with Crippen LogP contribution in [0, 0.1) is 0 Å². The maximum atomic E-state index is 12.4. The number of nitrogens with zero attached hydrogens (tertiary/aromatic N) is 2. The molecule has 0 saturated carbocycles. The van der Waals surface area contributed by atoms with Gasteiger partial charge in [0.1, 0.15) is 11.6 Å². The number of hydrogen-bond acceptors (Lipinski definition) is 4. The second kappa shape index (κ2) is 6.71. The predicted molar refractivity (Wildman–Crippen MR) is 94.8 cm³/mol. The Balaban J connectivity index is 1.32. The molecule has 3 aromatic rings. The second-order valence-electron chi connectivity index (χ2n) is 5.90. The van der Waals surface area contributed by atoms with Crippen LogP contribution in [-0.2, 0) is 29.1 Å². The number of hydrogen-bond donors (Lipinski definition) is 0. The summed E-state index contributed by atoms with van der Waals surface area (Å²) in [6.45, 7) is 1.94. The lowest BCUT2D eigenvalue weighted by atomic mass is 10.00. The van der Waals surface area contributed by atoms with Gasteiger partial charge < -0.3 is 9.64 Å². The standard InChI is InChI=1S/C19H18N2O2S/c22-19(21-10-9-14-5-1-2-6-15(14)11-21)13-23-12-18-20-16-7-3-4-8-17(16)24-18/h1-8H,9-13H2. The lowest BCUT2D eigenvalue weighted by molar-refractivity contribution is -0.137. The second-order valence-corrected chi connectivity index (χ2v) is 7.02. The first-order valence-corrected chi connectivity index (χ1v) is 8.88. The van der Waals surface area contributed by atoms with E-state index >= 15 is 0 Å². The number of para-hydroxylation sites is 1. The third-order valence-electron chi connectivity index (χ3n) is 4.27. The first-order valence-electron chi connectivity index (χ1n) is 8.06. The van der Waals surface area contributed by atoms with Crippen molar-refractivity contribution in [2.45, 2.75) is 19.6 Å². The van der Waals surface area contributed by atoms with Crippen LogP contribution in [0.15, 0.2) is 48.5 Å². The molecule has 0 spiro atoms. The molecule has 1 amide bonds. The SMILES string of the molecule is O=C(COCc1nc2ccccc2s1)N1CCc2ccccc2C1. The zero-order valence-corrected chi connectivity index (χ0v) is 14.1. The van der Waals surface area contributed by atoms with E-state index in [0.717, 1.165) is 28.2 Å². The Kier molecular flexibility index (Phi) is 4.28. The van der Waals surface area contributed by atoms with Gasteiger partial charge in [0.2, 0.25) is 5.91 Å². The van der Waals surface area contributed by atoms with E-state index in [2.05, 4.69) is 23.2 Å². The van der Waals surface area contributed by atoms with Crippen molar-refractivity contribution in [3.05, 3.63) is 64.7 Å². The Morgan fingerprint density at radius 2 is 1.92 bits per heavy atom. The van der Waals surface area contributed by atoms with Gasteiger partial charge in [-0.2, -0.15) is 0 Å². The van der Waals surface area contributed by atoms with E-state index < -0.39 is 0 Å². The summed E-state index contributed by atoms with van der Waals surface area (Å²) in [4.78, 5) is 18.8. The van der Waals surface area contributed by atoms with Crippen molar-refractivity contribution in [2.75, 3.05) is 13.2 Å². The summed E-state index contributed by atoms with van der Waals surface area (Å²) in [6, 6.07) is 16.3. The van der Waals surface area contributed by atoms with Gasteiger partial charge in [0, 0.05) is 13.1 Å². The van der Waals surface area contributed by atoms with Gasteiger partial charge in [0.25, 0.3) is 0 Å². The lowest BCUT2D eigenvalue weighted by Gasteiger charge is -2.28. The number of amides is 1. The molecule has 24 heavy (non-hydrogen) atoms. The van der Waals surface area contributed by atoms with Gasteiger partial charge in [-0.15, -0.1) is 11.3 Å². The molecule has 0 fully saturated rings. The van der Waals surface area contributed by atoms with Crippen LogP contribution in [-0.4, -0.2) is 28.9 Å². The number of fused-ring (bicyclic) bond motifs is 2. The minimum Gasteiger partial charge on any atom is -0.364 e. The van der Waals surface area contributed by atoms with Gasteiger partial charge in [-0.3, -0.25) is 4.79 Å². The number of carbonyl (C=O) groups excluding carboxylic acids is 1. The van der Waals surface area contributed by atoms with Crippen molar-refractivity contribution in [3.63, 3.8) is 0 Å². The number of rotatable bonds is 4. The van der Waals surface area contributed by atoms with Crippen molar-refractivity contribution >= 4 is 27.5 Å². The fraction of sp³-hybridized carbons (Fsp3) is 0.263. The maximum absolute atomic E-state index is 12.4. The average Bonchev–Trinajstić information content (AvgIpc) is 3.04. The van der Waals surface area contributed by atoms with Gasteiger partial charge in [-0.1, -0.05) is 36.4 Å². The largest absolute Gasteiger partial charge is 0.364 e. The van der Waals surface area contributed by atoms with Crippen molar-refractivity contribution < 1.29 is 9.53 Å². The van der Waals surface area contributed by atoms with Crippen molar-refractivity contribution in [1.82, 2.24) is 9.88 Å². The van der Waals surface area contributed by atoms with Crippen LogP contribution >= 0.6 is 11.3 Å². The first kappa shape index (κ1) is 15.3. The molecular formula is C19H18N2O2S. The summed E-state index contributed by atoms with van der Waals surface area (Å²) in [5.41, 5.74) is 3.57. The molecule has 5 heteroatoms. The molecule has 0 aliphatic carbocycles. The normalized spacial score (nSPS) is 13.9. The van der Waals surface area contributed by atoms with Crippen molar-refractivity contribution in [1.29, 1.82) is 0 Å². The van der Waals surface area contributed by atoms with Gasteiger partial charge in [-0.25, -0.2) is 4.98 Å². The zero-order valence-electron chi connectivity index (χ0n) is 13.3. The first-order chi connectivity index (χ1) is 11.8. The van der Waals surface area contributed by atoms with Gasteiger partial charge in [0.05, 0.1) is 16.8 Å². The van der Waals surface area contributed by atoms with Crippen LogP contribution in [0.25, 0.3) is 10.2 Å². The summed E-state index contributed by atoms with van der Waals surface area (Å²) in [7, 11) is 0. The van der Waals surface area contributed by atoms with Crippen LogP contribution in [0.5, 0.6) is 0 Å². The molecule has 2 heterocycles. The lowest BCUT2D eigenvalue weighted by Crippen LogP contribution is -2.38. The van der Waals surface area contributed by atoms with Crippen LogP contribution in [0.4, 0.5) is 0 Å². The third kappa shape index (κ3) is 3.18.